The van der Waals surface area contributed by atoms with E-state index in [2.05, 4.69) is 10.4 Å². The fourth-order valence-electron chi connectivity index (χ4n) is 2.37. The summed E-state index contributed by atoms with van der Waals surface area (Å²) < 4.78 is 1.52. The van der Waals surface area contributed by atoms with Gasteiger partial charge in [0, 0.05) is 0 Å². The van der Waals surface area contributed by atoms with Crippen LogP contribution in [0.15, 0.2) is 54.6 Å². The van der Waals surface area contributed by atoms with E-state index in [9.17, 15) is 4.79 Å². The smallest absolute Gasteiger partial charge is 0.260 e. The topological polar surface area (TPSA) is 70.7 Å². The van der Waals surface area contributed by atoms with Crippen molar-refractivity contribution in [1.82, 2.24) is 9.78 Å². The zero-order valence-electron chi connectivity index (χ0n) is 12.8. The van der Waals surface area contributed by atoms with Crippen LogP contribution in [0.5, 0.6) is 0 Å². The van der Waals surface area contributed by atoms with Gasteiger partial charge in [-0.3, -0.25) is 4.79 Å². The summed E-state index contributed by atoms with van der Waals surface area (Å²) in [6, 6.07) is 18.2. The number of nitriles is 1. The first-order valence-corrected chi connectivity index (χ1v) is 7.60. The van der Waals surface area contributed by atoms with Crippen molar-refractivity contribution in [2.45, 2.75) is 6.92 Å². The highest BCUT2D eigenvalue weighted by Crippen LogP contribution is 2.25. The molecule has 0 saturated heterocycles. The quantitative estimate of drug-likeness (QED) is 0.787. The molecule has 0 spiro atoms. The molecule has 1 aromatic heterocycles. The number of para-hydroxylation sites is 2. The standard InChI is InChI=1S/C18H13ClN4O/c1-12-16(17(19)23(22-12)14-8-3-2-4-9-14)18(24)21-15-10-6-5-7-13(15)11-20/h2-10H,1H3,(H,21,24). The van der Waals surface area contributed by atoms with Gasteiger partial charge in [-0.1, -0.05) is 41.9 Å². The Labute approximate surface area is 144 Å². The molecule has 3 aromatic rings. The molecule has 2 aromatic carbocycles. The van der Waals surface area contributed by atoms with Gasteiger partial charge in [0.2, 0.25) is 0 Å². The molecule has 0 aliphatic rings. The molecule has 0 aliphatic carbocycles. The van der Waals surface area contributed by atoms with E-state index in [1.165, 1.54) is 4.68 Å². The van der Waals surface area contributed by atoms with Gasteiger partial charge >= 0.3 is 0 Å². The number of amides is 1. The summed E-state index contributed by atoms with van der Waals surface area (Å²) in [5.41, 5.74) is 2.38. The summed E-state index contributed by atoms with van der Waals surface area (Å²) in [6.45, 7) is 1.72. The summed E-state index contributed by atoms with van der Waals surface area (Å²) in [5, 5.41) is 16.4. The van der Waals surface area contributed by atoms with Crippen LogP contribution in [-0.2, 0) is 0 Å². The number of anilines is 1. The summed E-state index contributed by atoms with van der Waals surface area (Å²) in [5.74, 6) is -0.401. The van der Waals surface area contributed by atoms with Crippen molar-refractivity contribution in [1.29, 1.82) is 5.26 Å². The maximum Gasteiger partial charge on any atom is 0.260 e. The monoisotopic (exact) mass is 336 g/mol. The molecule has 6 heteroatoms. The Kier molecular flexibility index (Phi) is 4.32. The van der Waals surface area contributed by atoms with Crippen molar-refractivity contribution >= 4 is 23.2 Å². The second-order valence-electron chi connectivity index (χ2n) is 5.11. The zero-order valence-corrected chi connectivity index (χ0v) is 13.6. The Hall–Kier alpha value is -3.10. The third-order valence-electron chi connectivity index (χ3n) is 3.53. The third-order valence-corrected chi connectivity index (χ3v) is 3.88. The number of carbonyl (C=O) groups excluding carboxylic acids is 1. The van der Waals surface area contributed by atoms with Crippen LogP contribution < -0.4 is 5.32 Å². The number of carbonyl (C=O) groups is 1. The molecule has 3 rings (SSSR count). The predicted molar refractivity (Wildman–Crippen MR) is 92.4 cm³/mol. The average molecular weight is 337 g/mol. The van der Waals surface area contributed by atoms with Crippen LogP contribution in [0.3, 0.4) is 0 Å². The Bertz CT molecular complexity index is 941. The van der Waals surface area contributed by atoms with E-state index >= 15 is 0 Å². The number of halogens is 1. The van der Waals surface area contributed by atoms with Gasteiger partial charge in [-0.25, -0.2) is 4.68 Å². The lowest BCUT2D eigenvalue weighted by atomic mass is 10.2. The number of benzene rings is 2. The highest BCUT2D eigenvalue weighted by molar-refractivity contribution is 6.34. The van der Waals surface area contributed by atoms with Gasteiger partial charge in [0.25, 0.3) is 5.91 Å². The average Bonchev–Trinajstić information content (AvgIpc) is 2.90. The summed E-state index contributed by atoms with van der Waals surface area (Å²) in [4.78, 5) is 12.6. The number of aromatic nitrogens is 2. The predicted octanol–water partition coefficient (Wildman–Crippen LogP) is 3.96. The molecule has 118 valence electrons. The van der Waals surface area contributed by atoms with Gasteiger partial charge in [0.15, 0.2) is 0 Å². The molecule has 0 unspecified atom stereocenters. The minimum atomic E-state index is -0.401. The van der Waals surface area contributed by atoms with Crippen molar-refractivity contribution in [3.63, 3.8) is 0 Å². The Morgan fingerprint density at radius 1 is 1.17 bits per heavy atom. The number of hydrogen-bond acceptors (Lipinski definition) is 3. The van der Waals surface area contributed by atoms with Crippen LogP contribution in [-0.4, -0.2) is 15.7 Å². The SMILES string of the molecule is Cc1nn(-c2ccccc2)c(Cl)c1C(=O)Nc1ccccc1C#N. The first kappa shape index (κ1) is 15.8. The lowest BCUT2D eigenvalue weighted by Crippen LogP contribution is -2.14. The minimum Gasteiger partial charge on any atom is -0.321 e. The molecule has 5 nitrogen and oxygen atoms in total. The fraction of sp³-hybridized carbons (Fsp3) is 0.0556. The second-order valence-corrected chi connectivity index (χ2v) is 5.47. The third kappa shape index (κ3) is 2.87. The van der Waals surface area contributed by atoms with E-state index < -0.39 is 5.91 Å². The maximum atomic E-state index is 12.6. The van der Waals surface area contributed by atoms with Crippen molar-refractivity contribution in [2.75, 3.05) is 5.32 Å². The van der Waals surface area contributed by atoms with Gasteiger partial charge in [0.05, 0.1) is 22.6 Å². The molecule has 0 fully saturated rings. The highest BCUT2D eigenvalue weighted by atomic mass is 35.5. The van der Waals surface area contributed by atoms with Crippen LogP contribution in [0.25, 0.3) is 5.69 Å². The second kappa shape index (κ2) is 6.57. The van der Waals surface area contributed by atoms with E-state index in [1.807, 2.05) is 36.4 Å². The van der Waals surface area contributed by atoms with E-state index in [4.69, 9.17) is 16.9 Å². The molecule has 24 heavy (non-hydrogen) atoms. The zero-order chi connectivity index (χ0) is 17.1. The molecular weight excluding hydrogens is 324 g/mol. The summed E-state index contributed by atoms with van der Waals surface area (Å²) >= 11 is 6.37. The van der Waals surface area contributed by atoms with Crippen LogP contribution >= 0.6 is 11.6 Å². The van der Waals surface area contributed by atoms with Gasteiger partial charge in [0.1, 0.15) is 16.8 Å². The van der Waals surface area contributed by atoms with Gasteiger partial charge in [-0.2, -0.15) is 10.4 Å². The molecule has 0 atom stereocenters. The number of nitrogens with one attached hydrogen (secondary N) is 1. The Morgan fingerprint density at radius 3 is 2.54 bits per heavy atom. The van der Waals surface area contributed by atoms with Crippen LogP contribution in [0.4, 0.5) is 5.69 Å². The molecule has 1 heterocycles. The van der Waals surface area contributed by atoms with E-state index in [1.54, 1.807) is 31.2 Å². The van der Waals surface area contributed by atoms with Crippen LogP contribution in [0.2, 0.25) is 5.15 Å². The number of hydrogen-bond donors (Lipinski definition) is 1. The van der Waals surface area contributed by atoms with Crippen molar-refractivity contribution in [2.24, 2.45) is 0 Å². The van der Waals surface area contributed by atoms with Gasteiger partial charge in [-0.05, 0) is 31.2 Å². The first-order valence-electron chi connectivity index (χ1n) is 7.23. The number of rotatable bonds is 3. The molecule has 0 aliphatic heterocycles. The molecule has 0 bridgehead atoms. The van der Waals surface area contributed by atoms with E-state index in [0.29, 0.717) is 16.9 Å². The first-order chi connectivity index (χ1) is 11.6. The van der Waals surface area contributed by atoms with Crippen molar-refractivity contribution < 1.29 is 4.79 Å². The molecule has 1 amide bonds. The minimum absolute atomic E-state index is 0.227. The van der Waals surface area contributed by atoms with Gasteiger partial charge in [-0.15, -0.1) is 0 Å². The van der Waals surface area contributed by atoms with Gasteiger partial charge < -0.3 is 5.32 Å². The molecule has 0 saturated carbocycles. The lowest BCUT2D eigenvalue weighted by Gasteiger charge is -2.07. The van der Waals surface area contributed by atoms with E-state index in [0.717, 1.165) is 5.69 Å². The highest BCUT2D eigenvalue weighted by Gasteiger charge is 2.21. The Morgan fingerprint density at radius 2 is 1.83 bits per heavy atom. The van der Waals surface area contributed by atoms with Crippen LogP contribution in [0, 0.1) is 18.3 Å². The Balaban J connectivity index is 1.97. The molecular formula is C18H13ClN4O. The van der Waals surface area contributed by atoms with Crippen LogP contribution in [0.1, 0.15) is 21.6 Å². The number of nitrogens with zero attached hydrogens (tertiary/aromatic N) is 3. The fourth-order valence-corrected chi connectivity index (χ4v) is 2.73. The van der Waals surface area contributed by atoms with Crippen molar-refractivity contribution in [3.05, 3.63) is 76.6 Å². The lowest BCUT2D eigenvalue weighted by molar-refractivity contribution is 0.102. The summed E-state index contributed by atoms with van der Waals surface area (Å²) in [6.07, 6.45) is 0. The number of aryl methyl sites for hydroxylation is 1. The summed E-state index contributed by atoms with van der Waals surface area (Å²) in [7, 11) is 0. The normalized spacial score (nSPS) is 10.2. The van der Waals surface area contributed by atoms with E-state index in [-0.39, 0.29) is 10.7 Å². The molecule has 0 radical (unpaired) electrons. The maximum absolute atomic E-state index is 12.6. The molecule has 1 N–H and O–H groups in total. The van der Waals surface area contributed by atoms with Crippen molar-refractivity contribution in [3.8, 4) is 11.8 Å². The largest absolute Gasteiger partial charge is 0.321 e.